The molecule has 0 spiro atoms. The van der Waals surface area contributed by atoms with Gasteiger partial charge in [-0.2, -0.15) is 5.10 Å². The van der Waals surface area contributed by atoms with Gasteiger partial charge >= 0.3 is 0 Å². The van der Waals surface area contributed by atoms with Gasteiger partial charge in [-0.1, -0.05) is 31.5 Å². The molecule has 0 unspecified atom stereocenters. The normalized spacial score (nSPS) is 10.6. The van der Waals surface area contributed by atoms with Crippen molar-refractivity contribution in [2.75, 3.05) is 0 Å². The number of benzene rings is 1. The van der Waals surface area contributed by atoms with E-state index in [2.05, 4.69) is 22.3 Å². The zero-order valence-electron chi connectivity index (χ0n) is 14.6. The topological polar surface area (TPSA) is 59.8 Å². The zero-order valence-corrected chi connectivity index (χ0v) is 14.6. The van der Waals surface area contributed by atoms with Gasteiger partial charge in [0.15, 0.2) is 0 Å². The number of nitrogens with zero attached hydrogens (tertiary/aromatic N) is 3. The molecule has 0 atom stereocenters. The maximum Gasteiger partial charge on any atom is 0.251 e. The van der Waals surface area contributed by atoms with E-state index in [9.17, 15) is 4.79 Å². The molecular weight excluding hydrogens is 312 g/mol. The van der Waals surface area contributed by atoms with Gasteiger partial charge in [-0.15, -0.1) is 0 Å². The van der Waals surface area contributed by atoms with E-state index in [-0.39, 0.29) is 5.91 Å². The quantitative estimate of drug-likeness (QED) is 0.752. The van der Waals surface area contributed by atoms with Crippen LogP contribution in [0, 0.1) is 0 Å². The Morgan fingerprint density at radius 2 is 1.84 bits per heavy atom. The van der Waals surface area contributed by atoms with Crippen LogP contribution in [0.25, 0.3) is 11.3 Å². The van der Waals surface area contributed by atoms with Crippen LogP contribution in [0.5, 0.6) is 0 Å². The summed E-state index contributed by atoms with van der Waals surface area (Å²) in [6.45, 7) is 2.60. The zero-order chi connectivity index (χ0) is 17.6. The van der Waals surface area contributed by atoms with Gasteiger partial charge in [0.05, 0.1) is 11.9 Å². The smallest absolute Gasteiger partial charge is 0.251 e. The fraction of sp³-hybridized carbons (Fsp3) is 0.250. The minimum atomic E-state index is -0.0700. The Labute approximate surface area is 147 Å². The van der Waals surface area contributed by atoms with E-state index < -0.39 is 0 Å². The minimum Gasteiger partial charge on any atom is -0.348 e. The highest BCUT2D eigenvalue weighted by molar-refractivity contribution is 5.94. The van der Waals surface area contributed by atoms with E-state index in [1.165, 1.54) is 5.56 Å². The molecule has 0 aliphatic rings. The third-order valence-corrected chi connectivity index (χ3v) is 4.03. The molecule has 0 saturated heterocycles. The number of hydrogen-bond donors (Lipinski definition) is 1. The first-order valence-corrected chi connectivity index (χ1v) is 8.47. The first-order chi connectivity index (χ1) is 12.2. The highest BCUT2D eigenvalue weighted by Crippen LogP contribution is 2.15. The Bertz CT molecular complexity index is 835. The highest BCUT2D eigenvalue weighted by atomic mass is 16.1. The van der Waals surface area contributed by atoms with Gasteiger partial charge in [0.2, 0.25) is 0 Å². The van der Waals surface area contributed by atoms with Gasteiger partial charge < -0.3 is 5.32 Å². The average molecular weight is 334 g/mol. The van der Waals surface area contributed by atoms with Crippen LogP contribution in [-0.4, -0.2) is 20.7 Å². The van der Waals surface area contributed by atoms with Crippen molar-refractivity contribution in [3.63, 3.8) is 0 Å². The molecule has 0 aliphatic heterocycles. The van der Waals surface area contributed by atoms with Crippen molar-refractivity contribution in [3.8, 4) is 11.3 Å². The maximum atomic E-state index is 12.2. The fourth-order valence-corrected chi connectivity index (χ4v) is 2.65. The van der Waals surface area contributed by atoms with Gasteiger partial charge in [0, 0.05) is 37.1 Å². The lowest BCUT2D eigenvalue weighted by atomic mass is 10.1. The van der Waals surface area contributed by atoms with Crippen LogP contribution in [0.2, 0.25) is 0 Å². The van der Waals surface area contributed by atoms with Crippen molar-refractivity contribution in [2.24, 2.45) is 7.05 Å². The molecule has 0 aliphatic carbocycles. The molecule has 5 heteroatoms. The van der Waals surface area contributed by atoms with Crippen LogP contribution in [0.3, 0.4) is 0 Å². The number of pyridine rings is 1. The Balaban J connectivity index is 1.58. The number of nitrogens with one attached hydrogen (secondary N) is 1. The Morgan fingerprint density at radius 1 is 1.08 bits per heavy atom. The summed E-state index contributed by atoms with van der Waals surface area (Å²) in [6, 6.07) is 11.7. The number of aryl methyl sites for hydroxylation is 2. The summed E-state index contributed by atoms with van der Waals surface area (Å²) in [5, 5.41) is 7.08. The van der Waals surface area contributed by atoms with Crippen LogP contribution in [0.4, 0.5) is 0 Å². The molecule has 128 valence electrons. The number of amides is 1. The van der Waals surface area contributed by atoms with E-state index in [4.69, 9.17) is 0 Å². The lowest BCUT2D eigenvalue weighted by Crippen LogP contribution is -2.22. The van der Waals surface area contributed by atoms with Crippen molar-refractivity contribution in [1.82, 2.24) is 20.1 Å². The molecular formula is C20H22N4O. The van der Waals surface area contributed by atoms with E-state index >= 15 is 0 Å². The van der Waals surface area contributed by atoms with E-state index in [0.29, 0.717) is 12.1 Å². The second-order valence-electron chi connectivity index (χ2n) is 6.08. The fourth-order valence-electron chi connectivity index (χ4n) is 2.65. The SMILES string of the molecule is CCCc1ccc(C(=O)NCc2ccc(-c3cnn(C)c3)nc2)cc1. The van der Waals surface area contributed by atoms with Crippen LogP contribution in [-0.2, 0) is 20.0 Å². The first-order valence-electron chi connectivity index (χ1n) is 8.47. The van der Waals surface area contributed by atoms with Crippen LogP contribution < -0.4 is 5.32 Å². The largest absolute Gasteiger partial charge is 0.348 e. The number of hydrogen-bond acceptors (Lipinski definition) is 3. The molecule has 2 aromatic heterocycles. The molecule has 25 heavy (non-hydrogen) atoms. The third kappa shape index (κ3) is 4.32. The lowest BCUT2D eigenvalue weighted by Gasteiger charge is -2.07. The monoisotopic (exact) mass is 334 g/mol. The van der Waals surface area contributed by atoms with Gasteiger partial charge in [0.1, 0.15) is 0 Å². The van der Waals surface area contributed by atoms with Crippen molar-refractivity contribution in [3.05, 3.63) is 71.7 Å². The Morgan fingerprint density at radius 3 is 2.44 bits per heavy atom. The van der Waals surface area contributed by atoms with Crippen LogP contribution >= 0.6 is 0 Å². The molecule has 2 heterocycles. The van der Waals surface area contributed by atoms with Crippen molar-refractivity contribution in [1.29, 1.82) is 0 Å². The van der Waals surface area contributed by atoms with E-state index in [1.54, 1.807) is 17.1 Å². The maximum absolute atomic E-state index is 12.2. The number of carbonyl (C=O) groups is 1. The summed E-state index contributed by atoms with van der Waals surface area (Å²) in [6.07, 6.45) is 7.63. The standard InChI is InChI=1S/C20H22N4O/c1-3-4-15-5-8-17(9-6-15)20(25)22-12-16-7-10-19(21-11-16)18-13-23-24(2)14-18/h5-11,13-14H,3-4,12H2,1-2H3,(H,22,25). The number of carbonyl (C=O) groups excluding carboxylic acids is 1. The second-order valence-corrected chi connectivity index (χ2v) is 6.08. The lowest BCUT2D eigenvalue weighted by molar-refractivity contribution is 0.0951. The summed E-state index contributed by atoms with van der Waals surface area (Å²) >= 11 is 0. The summed E-state index contributed by atoms with van der Waals surface area (Å²) < 4.78 is 1.75. The van der Waals surface area contributed by atoms with Crippen molar-refractivity contribution >= 4 is 5.91 Å². The van der Waals surface area contributed by atoms with Crippen molar-refractivity contribution in [2.45, 2.75) is 26.3 Å². The average Bonchev–Trinajstić information content (AvgIpc) is 3.07. The molecule has 0 saturated carbocycles. The summed E-state index contributed by atoms with van der Waals surface area (Å²) in [5.74, 6) is -0.0700. The predicted octanol–water partition coefficient (Wildman–Crippen LogP) is 3.36. The van der Waals surface area contributed by atoms with E-state index in [1.807, 2.05) is 49.6 Å². The van der Waals surface area contributed by atoms with Gasteiger partial charge in [-0.25, -0.2) is 0 Å². The molecule has 1 N–H and O–H groups in total. The summed E-state index contributed by atoms with van der Waals surface area (Å²) in [5.41, 5.74) is 4.75. The highest BCUT2D eigenvalue weighted by Gasteiger charge is 2.06. The molecule has 0 bridgehead atoms. The van der Waals surface area contributed by atoms with Crippen LogP contribution in [0.1, 0.15) is 34.8 Å². The molecule has 3 rings (SSSR count). The second kappa shape index (κ2) is 7.75. The van der Waals surface area contributed by atoms with E-state index in [0.717, 1.165) is 29.7 Å². The first kappa shape index (κ1) is 16.9. The molecule has 0 radical (unpaired) electrons. The minimum absolute atomic E-state index is 0.0700. The summed E-state index contributed by atoms with van der Waals surface area (Å²) in [7, 11) is 1.88. The van der Waals surface area contributed by atoms with Crippen molar-refractivity contribution < 1.29 is 4.79 Å². The number of rotatable bonds is 6. The molecule has 0 fully saturated rings. The number of aromatic nitrogens is 3. The van der Waals surface area contributed by atoms with Gasteiger partial charge in [0.25, 0.3) is 5.91 Å². The molecule has 1 amide bonds. The van der Waals surface area contributed by atoms with Gasteiger partial charge in [-0.3, -0.25) is 14.5 Å². The Hall–Kier alpha value is -2.95. The predicted molar refractivity (Wildman–Crippen MR) is 98.0 cm³/mol. The van der Waals surface area contributed by atoms with Crippen LogP contribution in [0.15, 0.2) is 55.0 Å². The molecule has 3 aromatic rings. The molecule has 5 nitrogen and oxygen atoms in total. The Kier molecular flexibility index (Phi) is 5.23. The summed E-state index contributed by atoms with van der Waals surface area (Å²) in [4.78, 5) is 16.7. The molecule has 1 aromatic carbocycles. The van der Waals surface area contributed by atoms with Gasteiger partial charge in [-0.05, 0) is 35.7 Å². The third-order valence-electron chi connectivity index (χ3n) is 4.03.